The van der Waals surface area contributed by atoms with E-state index in [1.165, 1.54) is 29.7 Å². The molecule has 2 N–H and O–H groups in total. The van der Waals surface area contributed by atoms with Crippen LogP contribution in [-0.2, 0) is 16.6 Å². The minimum Gasteiger partial charge on any atom is -0.353 e. The summed E-state index contributed by atoms with van der Waals surface area (Å²) < 4.78 is 14.8. The van der Waals surface area contributed by atoms with Gasteiger partial charge in [-0.15, -0.1) is 0 Å². The lowest BCUT2D eigenvalue weighted by atomic mass is 9.92. The minimum atomic E-state index is -0.543. The standard InChI is InChI=1S/C22H24ClFN8O2S/c1-22(2)18(16(34)11-33)27-12-32(22)9-8-25-20-26-10-15(23)17(29-20)19-30-31(3)21(35-19)28-14-6-4-13(24)5-7-14/h4-7,10-11,18,27H,8-9,12H2,1-3H3,(H,25,26,29). The Hall–Kier alpha value is -3.06. The Bertz CT molecular complexity index is 1310. The number of carbonyl (C=O) groups excluding carboxylic acids is 2. The first-order valence-corrected chi connectivity index (χ1v) is 12.0. The van der Waals surface area contributed by atoms with E-state index in [0.29, 0.717) is 58.2 Å². The van der Waals surface area contributed by atoms with Gasteiger partial charge in [0.15, 0.2) is 11.3 Å². The number of hydrogen-bond donors (Lipinski definition) is 2. The van der Waals surface area contributed by atoms with Crippen LogP contribution in [0.5, 0.6) is 0 Å². The van der Waals surface area contributed by atoms with Gasteiger partial charge in [-0.05, 0) is 38.1 Å². The third-order valence-corrected chi connectivity index (χ3v) is 7.06. The molecule has 1 atom stereocenters. The molecule has 0 amide bonds. The van der Waals surface area contributed by atoms with Crippen molar-refractivity contribution in [2.45, 2.75) is 25.4 Å². The highest BCUT2D eigenvalue weighted by atomic mass is 35.5. The van der Waals surface area contributed by atoms with Gasteiger partial charge < -0.3 is 5.32 Å². The van der Waals surface area contributed by atoms with Crippen molar-refractivity contribution in [3.05, 3.63) is 46.1 Å². The van der Waals surface area contributed by atoms with Crippen LogP contribution in [0.4, 0.5) is 16.0 Å². The van der Waals surface area contributed by atoms with Crippen molar-refractivity contribution < 1.29 is 14.0 Å². The Morgan fingerprint density at radius 2 is 2.14 bits per heavy atom. The monoisotopic (exact) mass is 518 g/mol. The molecule has 184 valence electrons. The van der Waals surface area contributed by atoms with Crippen LogP contribution in [0.1, 0.15) is 13.8 Å². The molecule has 35 heavy (non-hydrogen) atoms. The van der Waals surface area contributed by atoms with Crippen molar-refractivity contribution in [2.24, 2.45) is 12.0 Å². The number of aryl methyl sites for hydroxylation is 1. The quantitative estimate of drug-likeness (QED) is 0.344. The maximum absolute atomic E-state index is 13.2. The summed E-state index contributed by atoms with van der Waals surface area (Å²) in [5.41, 5.74) is 0.557. The van der Waals surface area contributed by atoms with Gasteiger partial charge in [-0.1, -0.05) is 22.9 Å². The number of hydrogen-bond acceptors (Lipinski definition) is 10. The minimum absolute atomic E-state index is 0.329. The summed E-state index contributed by atoms with van der Waals surface area (Å²) in [5, 5.41) is 11.7. The Morgan fingerprint density at radius 1 is 1.40 bits per heavy atom. The fourth-order valence-electron chi connectivity index (χ4n) is 3.80. The first-order valence-electron chi connectivity index (χ1n) is 10.8. The molecule has 1 aromatic carbocycles. The zero-order chi connectivity index (χ0) is 25.2. The van der Waals surface area contributed by atoms with Crippen LogP contribution < -0.4 is 15.4 Å². The maximum Gasteiger partial charge on any atom is 0.223 e. The maximum atomic E-state index is 13.2. The summed E-state index contributed by atoms with van der Waals surface area (Å²) in [4.78, 5) is 38.8. The number of aromatic nitrogens is 4. The Morgan fingerprint density at radius 3 is 2.86 bits per heavy atom. The lowest BCUT2D eigenvalue weighted by Crippen LogP contribution is -2.51. The van der Waals surface area contributed by atoms with Crippen LogP contribution in [0.2, 0.25) is 5.02 Å². The molecule has 0 bridgehead atoms. The molecule has 3 aromatic rings. The second kappa shape index (κ2) is 10.3. The average molecular weight is 519 g/mol. The van der Waals surface area contributed by atoms with Gasteiger partial charge in [-0.25, -0.2) is 24.0 Å². The molecule has 0 radical (unpaired) electrons. The van der Waals surface area contributed by atoms with Crippen LogP contribution in [-0.4, -0.2) is 68.1 Å². The average Bonchev–Trinajstić information content (AvgIpc) is 3.34. The summed E-state index contributed by atoms with van der Waals surface area (Å²) in [6.45, 7) is 5.43. The van der Waals surface area contributed by atoms with Crippen molar-refractivity contribution >= 4 is 46.6 Å². The van der Waals surface area contributed by atoms with Gasteiger partial charge in [-0.3, -0.25) is 19.8 Å². The molecule has 13 heteroatoms. The second-order valence-corrected chi connectivity index (χ2v) is 9.81. The molecule has 1 fully saturated rings. The van der Waals surface area contributed by atoms with E-state index >= 15 is 0 Å². The predicted molar refractivity (Wildman–Crippen MR) is 131 cm³/mol. The normalized spacial score (nSPS) is 18.1. The topological polar surface area (TPSA) is 117 Å². The van der Waals surface area contributed by atoms with Crippen molar-refractivity contribution in [3.8, 4) is 10.7 Å². The molecule has 1 saturated heterocycles. The van der Waals surface area contributed by atoms with Gasteiger partial charge >= 0.3 is 0 Å². The SMILES string of the molecule is Cn1nc(-c2nc(NCCN3CNC(C(=O)C=O)C3(C)C)ncc2Cl)sc1=Nc1ccc(F)cc1. The van der Waals surface area contributed by atoms with E-state index in [0.717, 1.165) is 0 Å². The summed E-state index contributed by atoms with van der Waals surface area (Å²) >= 11 is 7.66. The van der Waals surface area contributed by atoms with Crippen molar-refractivity contribution in [1.82, 2.24) is 30.0 Å². The highest BCUT2D eigenvalue weighted by Gasteiger charge is 2.44. The number of benzene rings is 1. The molecular weight excluding hydrogens is 495 g/mol. The molecular formula is C22H24ClFN8O2S. The Kier molecular flexibility index (Phi) is 7.36. The van der Waals surface area contributed by atoms with Crippen LogP contribution in [0.15, 0.2) is 35.5 Å². The summed E-state index contributed by atoms with van der Waals surface area (Å²) in [5.74, 6) is -0.409. The molecule has 10 nitrogen and oxygen atoms in total. The third-order valence-electron chi connectivity index (χ3n) is 5.78. The first kappa shape index (κ1) is 25.0. The van der Waals surface area contributed by atoms with Crippen molar-refractivity contribution in [1.29, 1.82) is 0 Å². The Balaban J connectivity index is 1.47. The van der Waals surface area contributed by atoms with E-state index in [1.807, 2.05) is 13.8 Å². The fourth-order valence-corrected chi connectivity index (χ4v) is 4.94. The molecule has 1 unspecified atom stereocenters. The number of rotatable bonds is 8. The van der Waals surface area contributed by atoms with E-state index < -0.39 is 17.4 Å². The largest absolute Gasteiger partial charge is 0.353 e. The number of halogens is 2. The lowest BCUT2D eigenvalue weighted by molar-refractivity contribution is -0.132. The molecule has 0 aliphatic carbocycles. The van der Waals surface area contributed by atoms with E-state index in [2.05, 4.69) is 35.6 Å². The van der Waals surface area contributed by atoms with Gasteiger partial charge in [-0.2, -0.15) is 5.10 Å². The smallest absolute Gasteiger partial charge is 0.223 e. The zero-order valence-electron chi connectivity index (χ0n) is 19.3. The van der Waals surface area contributed by atoms with Gasteiger partial charge in [0.25, 0.3) is 0 Å². The lowest BCUT2D eigenvalue weighted by Gasteiger charge is -2.33. The molecule has 0 spiro atoms. The summed E-state index contributed by atoms with van der Waals surface area (Å²) in [6.07, 6.45) is 1.87. The molecule has 1 aliphatic rings. The number of nitrogens with zero attached hydrogens (tertiary/aromatic N) is 6. The summed E-state index contributed by atoms with van der Waals surface area (Å²) in [6, 6.07) is 5.32. The van der Waals surface area contributed by atoms with Crippen LogP contribution in [0, 0.1) is 5.82 Å². The molecule has 3 heterocycles. The molecule has 4 rings (SSSR count). The number of carbonyl (C=O) groups is 2. The number of anilines is 1. The van der Waals surface area contributed by atoms with Gasteiger partial charge in [0.2, 0.25) is 16.5 Å². The Labute approximate surface area is 209 Å². The van der Waals surface area contributed by atoms with Crippen LogP contribution >= 0.6 is 22.9 Å². The third kappa shape index (κ3) is 5.45. The van der Waals surface area contributed by atoms with Gasteiger partial charge in [0.1, 0.15) is 11.5 Å². The van der Waals surface area contributed by atoms with E-state index in [-0.39, 0.29) is 5.82 Å². The summed E-state index contributed by atoms with van der Waals surface area (Å²) in [7, 11) is 1.76. The van der Waals surface area contributed by atoms with E-state index in [4.69, 9.17) is 11.6 Å². The molecule has 2 aromatic heterocycles. The zero-order valence-corrected chi connectivity index (χ0v) is 20.9. The number of Topliss-reactive ketones (excluding diaryl/α,β-unsaturated/α-hetero) is 1. The number of nitrogens with one attached hydrogen (secondary N) is 2. The highest BCUT2D eigenvalue weighted by Crippen LogP contribution is 2.27. The van der Waals surface area contributed by atoms with Gasteiger partial charge in [0.05, 0.1) is 22.9 Å². The van der Waals surface area contributed by atoms with Crippen molar-refractivity contribution in [3.63, 3.8) is 0 Å². The van der Waals surface area contributed by atoms with Gasteiger partial charge in [0, 0.05) is 32.3 Å². The van der Waals surface area contributed by atoms with Crippen LogP contribution in [0.25, 0.3) is 10.7 Å². The second-order valence-electron chi connectivity index (χ2n) is 8.45. The van der Waals surface area contributed by atoms with E-state index in [9.17, 15) is 14.0 Å². The predicted octanol–water partition coefficient (Wildman–Crippen LogP) is 2.15. The van der Waals surface area contributed by atoms with E-state index in [1.54, 1.807) is 23.9 Å². The number of aldehydes is 1. The highest BCUT2D eigenvalue weighted by molar-refractivity contribution is 7.12. The number of ketones is 1. The molecule has 1 aliphatic heterocycles. The van der Waals surface area contributed by atoms with Crippen molar-refractivity contribution in [2.75, 3.05) is 25.1 Å². The van der Waals surface area contributed by atoms with Crippen LogP contribution in [0.3, 0.4) is 0 Å². The fraction of sp³-hybridized carbons (Fsp3) is 0.364. The first-order chi connectivity index (χ1) is 16.7. The molecule has 0 saturated carbocycles.